The summed E-state index contributed by atoms with van der Waals surface area (Å²) in [5.41, 5.74) is 1.70. The molecular formula is C39H52FN5O3S. The normalized spacial score (nSPS) is 22.2. The predicted octanol–water partition coefficient (Wildman–Crippen LogP) is 6.02. The molecule has 10 heteroatoms. The van der Waals surface area contributed by atoms with E-state index in [1.807, 2.05) is 24.4 Å². The van der Waals surface area contributed by atoms with E-state index in [9.17, 15) is 13.2 Å². The zero-order valence-electron chi connectivity index (χ0n) is 29.2. The molecule has 0 bridgehead atoms. The van der Waals surface area contributed by atoms with Gasteiger partial charge in [0, 0.05) is 68.1 Å². The lowest BCUT2D eigenvalue weighted by Crippen LogP contribution is -2.56. The fourth-order valence-corrected chi connectivity index (χ4v) is 10.0. The monoisotopic (exact) mass is 689 g/mol. The fraction of sp³-hybridized carbons (Fsp3) is 0.538. The summed E-state index contributed by atoms with van der Waals surface area (Å²) in [5.74, 6) is 1.63. The minimum Gasteiger partial charge on any atom is -0.371 e. The van der Waals surface area contributed by atoms with Crippen LogP contribution in [0.4, 0.5) is 10.1 Å². The number of benzene rings is 2. The van der Waals surface area contributed by atoms with Crippen LogP contribution in [0.3, 0.4) is 0 Å². The number of halogens is 1. The second kappa shape index (κ2) is 14.8. The first kappa shape index (κ1) is 35.3. The zero-order chi connectivity index (χ0) is 34.8. The van der Waals surface area contributed by atoms with Crippen LogP contribution in [0.15, 0.2) is 78.5 Å². The van der Waals surface area contributed by atoms with E-state index in [4.69, 9.17) is 0 Å². The molecule has 3 fully saturated rings. The summed E-state index contributed by atoms with van der Waals surface area (Å²) in [6.07, 6.45) is 11.0. The Morgan fingerprint density at radius 2 is 1.84 bits per heavy atom. The molecule has 3 aliphatic rings. The van der Waals surface area contributed by atoms with Crippen LogP contribution in [0.1, 0.15) is 64.3 Å². The first-order valence-corrected chi connectivity index (χ1v) is 19.6. The van der Waals surface area contributed by atoms with Gasteiger partial charge in [0.15, 0.2) is 9.84 Å². The van der Waals surface area contributed by atoms with E-state index in [0.29, 0.717) is 23.3 Å². The van der Waals surface area contributed by atoms with E-state index in [1.54, 1.807) is 32.0 Å². The number of nitrogens with zero attached hydrogens (tertiary/aromatic N) is 4. The summed E-state index contributed by atoms with van der Waals surface area (Å²) in [5, 5.41) is 2.84. The SMILES string of the molecule is C=CC(=O)N[C@H]1CCC[C@@H]1[C@](Cn1ccnc1CC)(c1cccc(F)c1)C1CCN(CC2CN(c3ccc(S(=O)(=O)C(C)C)cc3)C2)CC1. The maximum atomic E-state index is 15.1. The number of hydrogen-bond donors (Lipinski definition) is 1. The van der Waals surface area contributed by atoms with Crippen molar-refractivity contribution in [1.82, 2.24) is 19.8 Å². The Kier molecular flexibility index (Phi) is 10.7. The van der Waals surface area contributed by atoms with Gasteiger partial charge in [0.2, 0.25) is 5.91 Å². The lowest BCUT2D eigenvalue weighted by molar-refractivity contribution is -0.117. The lowest BCUT2D eigenvalue weighted by Gasteiger charge is -2.51. The number of piperidine rings is 1. The molecule has 2 aromatic carbocycles. The third-order valence-corrected chi connectivity index (χ3v) is 13.7. The molecule has 2 aliphatic heterocycles. The van der Waals surface area contributed by atoms with Crippen molar-refractivity contribution >= 4 is 21.4 Å². The van der Waals surface area contributed by atoms with Crippen molar-refractivity contribution in [2.24, 2.45) is 17.8 Å². The van der Waals surface area contributed by atoms with E-state index >= 15 is 4.39 Å². The Balaban J connectivity index is 1.19. The van der Waals surface area contributed by atoms with Gasteiger partial charge in [-0.15, -0.1) is 0 Å². The van der Waals surface area contributed by atoms with E-state index in [-0.39, 0.29) is 23.7 Å². The van der Waals surface area contributed by atoms with Crippen LogP contribution in [0, 0.1) is 23.6 Å². The molecule has 264 valence electrons. The van der Waals surface area contributed by atoms with Crippen molar-refractivity contribution in [2.75, 3.05) is 37.6 Å². The van der Waals surface area contributed by atoms with Crippen molar-refractivity contribution in [3.8, 4) is 0 Å². The van der Waals surface area contributed by atoms with Gasteiger partial charge in [-0.1, -0.05) is 32.1 Å². The van der Waals surface area contributed by atoms with Crippen molar-refractivity contribution in [3.63, 3.8) is 0 Å². The first-order chi connectivity index (χ1) is 23.5. The Labute approximate surface area is 291 Å². The second-order valence-electron chi connectivity index (χ2n) is 14.7. The molecule has 49 heavy (non-hydrogen) atoms. The highest BCUT2D eigenvalue weighted by Gasteiger charge is 2.52. The van der Waals surface area contributed by atoms with Crippen LogP contribution in [0.25, 0.3) is 0 Å². The number of anilines is 1. The highest BCUT2D eigenvalue weighted by atomic mass is 32.2. The standard InChI is InChI=1S/C39H52FN5O3S/c1-5-37-41-19-22-44(37)27-39(31-9-7-10-32(40)23-31,35-11-8-12-36(35)42-38(46)6-2)30-17-20-43(21-18-30)24-29-25-45(26-29)33-13-15-34(16-14-33)49(47,48)28(3)4/h6-7,9-10,13-16,19,22-23,28-30,35-36H,2,5,8,11-12,17-18,20-21,24-27H2,1,3-4H3,(H,42,46)/t35-,36-,39-/m0/s1. The van der Waals surface area contributed by atoms with Gasteiger partial charge in [0.1, 0.15) is 11.6 Å². The second-order valence-corrected chi connectivity index (χ2v) is 17.2. The quantitative estimate of drug-likeness (QED) is 0.221. The molecule has 0 radical (unpaired) electrons. The fourth-order valence-electron chi connectivity index (χ4n) is 8.95. The van der Waals surface area contributed by atoms with Gasteiger partial charge in [-0.25, -0.2) is 17.8 Å². The summed E-state index contributed by atoms with van der Waals surface area (Å²) in [6.45, 7) is 14.8. The van der Waals surface area contributed by atoms with Crippen molar-refractivity contribution in [3.05, 3.63) is 90.8 Å². The van der Waals surface area contributed by atoms with Crippen LogP contribution in [-0.4, -0.2) is 72.8 Å². The highest BCUT2D eigenvalue weighted by molar-refractivity contribution is 7.92. The molecule has 1 aromatic heterocycles. The third-order valence-electron chi connectivity index (χ3n) is 11.5. The first-order valence-electron chi connectivity index (χ1n) is 18.0. The number of nitrogens with one attached hydrogen (secondary N) is 1. The number of aryl methyl sites for hydroxylation is 1. The topological polar surface area (TPSA) is 87.5 Å². The summed E-state index contributed by atoms with van der Waals surface area (Å²) >= 11 is 0. The molecule has 2 saturated heterocycles. The maximum Gasteiger partial charge on any atom is 0.243 e. The van der Waals surface area contributed by atoms with E-state index in [0.717, 1.165) is 88.3 Å². The minimum absolute atomic E-state index is 0.0131. The van der Waals surface area contributed by atoms with Crippen LogP contribution in [-0.2, 0) is 33.0 Å². The number of rotatable bonds is 13. The molecule has 8 nitrogen and oxygen atoms in total. The molecule has 1 aliphatic carbocycles. The van der Waals surface area contributed by atoms with Crippen LogP contribution in [0.2, 0.25) is 0 Å². The minimum atomic E-state index is -3.28. The zero-order valence-corrected chi connectivity index (χ0v) is 30.0. The predicted molar refractivity (Wildman–Crippen MR) is 193 cm³/mol. The summed E-state index contributed by atoms with van der Waals surface area (Å²) < 4.78 is 42.5. The van der Waals surface area contributed by atoms with Gasteiger partial charge in [-0.05, 0) is 112 Å². The van der Waals surface area contributed by atoms with Gasteiger partial charge in [0.25, 0.3) is 0 Å². The van der Waals surface area contributed by atoms with Crippen molar-refractivity contribution in [2.45, 2.75) is 87.4 Å². The van der Waals surface area contributed by atoms with Crippen LogP contribution >= 0.6 is 0 Å². The number of carbonyl (C=O) groups excluding carboxylic acids is 1. The van der Waals surface area contributed by atoms with Gasteiger partial charge in [-0.2, -0.15) is 0 Å². The Hall–Kier alpha value is -3.50. The summed E-state index contributed by atoms with van der Waals surface area (Å²) in [7, 11) is -3.28. The smallest absolute Gasteiger partial charge is 0.243 e. The van der Waals surface area contributed by atoms with Crippen LogP contribution < -0.4 is 10.2 Å². The van der Waals surface area contributed by atoms with E-state index < -0.39 is 20.5 Å². The molecule has 1 amide bonds. The van der Waals surface area contributed by atoms with Gasteiger partial charge < -0.3 is 19.7 Å². The highest BCUT2D eigenvalue weighted by Crippen LogP contribution is 2.52. The van der Waals surface area contributed by atoms with Crippen LogP contribution in [0.5, 0.6) is 0 Å². The number of hydrogen-bond acceptors (Lipinski definition) is 6. The van der Waals surface area contributed by atoms with Gasteiger partial charge >= 0.3 is 0 Å². The number of aromatic nitrogens is 2. The number of amides is 1. The Morgan fingerprint density at radius 3 is 2.49 bits per heavy atom. The lowest BCUT2D eigenvalue weighted by atomic mass is 9.58. The molecule has 6 rings (SSSR count). The summed E-state index contributed by atoms with van der Waals surface area (Å²) in [6, 6.07) is 14.5. The molecule has 3 atom stereocenters. The Morgan fingerprint density at radius 1 is 1.10 bits per heavy atom. The van der Waals surface area contributed by atoms with Gasteiger partial charge in [-0.3, -0.25) is 4.79 Å². The third kappa shape index (κ3) is 7.22. The van der Waals surface area contributed by atoms with Crippen molar-refractivity contribution in [1.29, 1.82) is 0 Å². The molecule has 1 N–H and O–H groups in total. The Bertz CT molecular complexity index is 1710. The number of sulfone groups is 1. The number of likely N-dealkylation sites (tertiary alicyclic amines) is 1. The van der Waals surface area contributed by atoms with Gasteiger partial charge in [0.05, 0.1) is 10.1 Å². The maximum absolute atomic E-state index is 15.1. The average Bonchev–Trinajstić information content (AvgIpc) is 3.74. The molecule has 1 saturated carbocycles. The summed E-state index contributed by atoms with van der Waals surface area (Å²) in [4.78, 5) is 22.6. The van der Waals surface area contributed by atoms with E-state index in [2.05, 4.69) is 50.4 Å². The molecule has 3 heterocycles. The number of carbonyl (C=O) groups is 1. The van der Waals surface area contributed by atoms with Crippen molar-refractivity contribution < 1.29 is 17.6 Å². The molecule has 3 aromatic rings. The molecule has 0 unspecified atom stereocenters. The largest absolute Gasteiger partial charge is 0.371 e. The molecular weight excluding hydrogens is 638 g/mol. The number of imidazole rings is 1. The molecule has 0 spiro atoms. The van der Waals surface area contributed by atoms with E-state index in [1.165, 1.54) is 12.1 Å². The average molecular weight is 690 g/mol.